The number of nitrogens with zero attached hydrogens (tertiary/aromatic N) is 1. The first-order valence-corrected chi connectivity index (χ1v) is 11.4. The molecule has 2 aliphatic rings. The highest BCUT2D eigenvalue weighted by Gasteiger charge is 2.25. The van der Waals surface area contributed by atoms with Crippen molar-refractivity contribution < 1.29 is 27.6 Å². The lowest BCUT2D eigenvalue weighted by Crippen LogP contribution is -3.13. The largest absolute Gasteiger partial charge is 0.454 e. The van der Waals surface area contributed by atoms with E-state index in [2.05, 4.69) is 10.8 Å². The molecule has 0 bridgehead atoms. The molecule has 8 nitrogen and oxygen atoms in total. The van der Waals surface area contributed by atoms with Crippen LogP contribution < -0.4 is 19.1 Å². The second-order valence-electron chi connectivity index (χ2n) is 7.36. The predicted molar refractivity (Wildman–Crippen MR) is 108 cm³/mol. The van der Waals surface area contributed by atoms with E-state index in [1.54, 1.807) is 24.3 Å². The number of sulfonamides is 1. The average molecular weight is 418 g/mol. The van der Waals surface area contributed by atoms with Crippen molar-refractivity contribution in [2.24, 2.45) is 0 Å². The van der Waals surface area contributed by atoms with Crippen molar-refractivity contribution in [2.45, 2.75) is 6.54 Å². The van der Waals surface area contributed by atoms with E-state index in [0.717, 1.165) is 37.4 Å². The molecule has 0 aromatic heterocycles. The summed E-state index contributed by atoms with van der Waals surface area (Å²) in [6.45, 7) is 4.26. The first-order valence-electron chi connectivity index (χ1n) is 9.47. The van der Waals surface area contributed by atoms with Crippen LogP contribution in [0, 0.1) is 0 Å². The lowest BCUT2D eigenvalue weighted by atomic mass is 10.1. The minimum absolute atomic E-state index is 0.0296. The van der Waals surface area contributed by atoms with Gasteiger partial charge in [-0.1, -0.05) is 0 Å². The van der Waals surface area contributed by atoms with E-state index < -0.39 is 10.0 Å². The van der Waals surface area contributed by atoms with Crippen molar-refractivity contribution in [1.29, 1.82) is 0 Å². The molecule has 0 unspecified atom stereocenters. The third-order valence-corrected chi connectivity index (χ3v) is 5.69. The van der Waals surface area contributed by atoms with Gasteiger partial charge in [-0.25, -0.2) is 8.42 Å². The van der Waals surface area contributed by atoms with Crippen LogP contribution in [0.3, 0.4) is 0 Å². The van der Waals surface area contributed by atoms with Crippen LogP contribution >= 0.6 is 0 Å². The Labute approximate surface area is 170 Å². The summed E-state index contributed by atoms with van der Waals surface area (Å²) in [6, 6.07) is 12.6. The number of quaternary nitrogens is 1. The van der Waals surface area contributed by atoms with Gasteiger partial charge in [0.2, 0.25) is 16.8 Å². The van der Waals surface area contributed by atoms with Gasteiger partial charge in [-0.2, -0.15) is 0 Å². The number of hydrogen-bond acceptors (Lipinski definition) is 5. The van der Waals surface area contributed by atoms with Crippen LogP contribution in [0.5, 0.6) is 11.5 Å². The van der Waals surface area contributed by atoms with Gasteiger partial charge in [-0.15, -0.1) is 0 Å². The molecule has 2 N–H and O–H groups in total. The van der Waals surface area contributed by atoms with Crippen molar-refractivity contribution in [1.82, 2.24) is 4.90 Å². The van der Waals surface area contributed by atoms with Crippen LogP contribution in [0.2, 0.25) is 0 Å². The Morgan fingerprint density at radius 1 is 1.07 bits per heavy atom. The van der Waals surface area contributed by atoms with Crippen LogP contribution in [0.25, 0.3) is 0 Å². The number of piperazine rings is 1. The van der Waals surface area contributed by atoms with Gasteiger partial charge in [0.05, 0.1) is 32.4 Å². The molecule has 0 atom stereocenters. The minimum atomic E-state index is -3.33. The van der Waals surface area contributed by atoms with Crippen molar-refractivity contribution in [3.63, 3.8) is 0 Å². The fourth-order valence-electron chi connectivity index (χ4n) is 3.62. The van der Waals surface area contributed by atoms with E-state index in [9.17, 15) is 13.2 Å². The summed E-state index contributed by atoms with van der Waals surface area (Å²) >= 11 is 0. The van der Waals surface area contributed by atoms with Crippen molar-refractivity contribution in [2.75, 3.05) is 43.9 Å². The van der Waals surface area contributed by atoms with Crippen molar-refractivity contribution in [3.8, 4) is 11.5 Å². The zero-order valence-electron chi connectivity index (χ0n) is 16.2. The number of ether oxygens (including phenoxy) is 2. The van der Waals surface area contributed by atoms with E-state index in [-0.39, 0.29) is 12.7 Å². The molecule has 9 heteroatoms. The smallest absolute Gasteiger partial charge is 0.254 e. The first kappa shape index (κ1) is 19.5. The third kappa shape index (κ3) is 4.80. The van der Waals surface area contributed by atoms with Gasteiger partial charge in [0, 0.05) is 16.8 Å². The molecule has 1 saturated heterocycles. The van der Waals surface area contributed by atoms with Gasteiger partial charge in [-0.3, -0.25) is 9.52 Å². The maximum Gasteiger partial charge on any atom is 0.254 e. The maximum atomic E-state index is 12.7. The van der Waals surface area contributed by atoms with Crippen molar-refractivity contribution >= 4 is 21.6 Å². The predicted octanol–water partition coefficient (Wildman–Crippen LogP) is 0.328. The molecule has 0 spiro atoms. The van der Waals surface area contributed by atoms with Gasteiger partial charge in [0.25, 0.3) is 5.91 Å². The molecule has 2 heterocycles. The monoisotopic (exact) mass is 418 g/mol. The molecule has 1 amide bonds. The van der Waals surface area contributed by atoms with Crippen molar-refractivity contribution in [3.05, 3.63) is 53.6 Å². The number of nitrogens with one attached hydrogen (secondary N) is 2. The van der Waals surface area contributed by atoms with E-state index in [0.29, 0.717) is 24.3 Å². The lowest BCUT2D eigenvalue weighted by molar-refractivity contribution is -0.917. The fourth-order valence-corrected chi connectivity index (χ4v) is 4.18. The Kier molecular flexibility index (Phi) is 5.33. The average Bonchev–Trinajstić information content (AvgIpc) is 3.15. The molecule has 154 valence electrons. The quantitative estimate of drug-likeness (QED) is 0.731. The molecule has 2 aliphatic heterocycles. The van der Waals surface area contributed by atoms with Crippen LogP contribution in [-0.2, 0) is 16.6 Å². The number of carbonyl (C=O) groups excluding carboxylic acids is 1. The first-order chi connectivity index (χ1) is 13.9. The Morgan fingerprint density at radius 3 is 2.45 bits per heavy atom. The molecule has 29 heavy (non-hydrogen) atoms. The van der Waals surface area contributed by atoms with Gasteiger partial charge < -0.3 is 19.3 Å². The zero-order valence-corrected chi connectivity index (χ0v) is 17.0. The van der Waals surface area contributed by atoms with Crippen LogP contribution in [0.15, 0.2) is 42.5 Å². The number of carbonyl (C=O) groups is 1. The molecule has 1 fully saturated rings. The summed E-state index contributed by atoms with van der Waals surface area (Å²) in [5.41, 5.74) is 2.20. The molecular weight excluding hydrogens is 394 g/mol. The van der Waals surface area contributed by atoms with Gasteiger partial charge in [0.15, 0.2) is 11.5 Å². The SMILES string of the molecule is CS(=O)(=O)Nc1ccc(C(=O)N2CC[NH+](Cc3ccc4c(c3)OCO4)CC2)cc1. The highest BCUT2D eigenvalue weighted by molar-refractivity contribution is 7.92. The van der Waals surface area contributed by atoms with E-state index in [1.807, 2.05) is 17.0 Å². The number of rotatable bonds is 5. The van der Waals surface area contributed by atoms with Gasteiger partial charge in [0.1, 0.15) is 6.54 Å². The van der Waals surface area contributed by atoms with E-state index in [1.165, 1.54) is 10.5 Å². The Balaban J connectivity index is 1.31. The summed E-state index contributed by atoms with van der Waals surface area (Å²) in [5, 5.41) is 0. The van der Waals surface area contributed by atoms with Gasteiger partial charge >= 0.3 is 0 Å². The second-order valence-corrected chi connectivity index (χ2v) is 9.11. The Morgan fingerprint density at radius 2 is 1.76 bits per heavy atom. The highest BCUT2D eigenvalue weighted by atomic mass is 32.2. The molecular formula is C20H24N3O5S+. The lowest BCUT2D eigenvalue weighted by Gasteiger charge is -2.32. The number of anilines is 1. The minimum Gasteiger partial charge on any atom is -0.454 e. The molecule has 4 rings (SSSR count). The normalized spacial score (nSPS) is 16.7. The maximum absolute atomic E-state index is 12.7. The number of hydrogen-bond donors (Lipinski definition) is 2. The molecule has 2 aromatic rings. The molecule has 0 aliphatic carbocycles. The summed E-state index contributed by atoms with van der Waals surface area (Å²) < 4.78 is 35.8. The summed E-state index contributed by atoms with van der Waals surface area (Å²) in [5.74, 6) is 1.56. The summed E-state index contributed by atoms with van der Waals surface area (Å²) in [6.07, 6.45) is 1.09. The molecule has 0 radical (unpaired) electrons. The third-order valence-electron chi connectivity index (χ3n) is 5.08. The number of fused-ring (bicyclic) bond motifs is 1. The number of benzene rings is 2. The van der Waals surface area contributed by atoms with Crippen LogP contribution in [-0.4, -0.2) is 58.5 Å². The highest BCUT2D eigenvalue weighted by Crippen LogP contribution is 2.32. The Bertz CT molecular complexity index is 999. The zero-order chi connectivity index (χ0) is 20.4. The standard InChI is InChI=1S/C20H23N3O5S/c1-29(25,26)21-17-5-3-16(4-6-17)20(24)23-10-8-22(9-11-23)13-15-2-7-18-19(12-15)28-14-27-18/h2-7,12,21H,8-11,13-14H2,1H3/p+1. The summed E-state index contributed by atoms with van der Waals surface area (Å²) in [4.78, 5) is 16.0. The topological polar surface area (TPSA) is 89.4 Å². The second kappa shape index (κ2) is 7.92. The van der Waals surface area contributed by atoms with E-state index >= 15 is 0 Å². The van der Waals surface area contributed by atoms with E-state index in [4.69, 9.17) is 9.47 Å². The Hall–Kier alpha value is -2.78. The molecule has 0 saturated carbocycles. The fraction of sp³-hybridized carbons (Fsp3) is 0.350. The van der Waals surface area contributed by atoms with Gasteiger partial charge in [-0.05, 0) is 42.5 Å². The summed E-state index contributed by atoms with van der Waals surface area (Å²) in [7, 11) is -3.33. The molecule has 2 aromatic carbocycles. The van der Waals surface area contributed by atoms with Crippen LogP contribution in [0.4, 0.5) is 5.69 Å². The number of amides is 1. The van der Waals surface area contributed by atoms with Crippen LogP contribution in [0.1, 0.15) is 15.9 Å².